The fraction of sp³-hybridized carbons (Fsp3) is 0.538. The monoisotopic (exact) mass is 610 g/mol. The molecule has 0 aromatic rings. The molecule has 0 saturated carbocycles. The van der Waals surface area contributed by atoms with Crippen LogP contribution in [0.25, 0.3) is 0 Å². The average molecular weight is 610 g/mol. The highest BCUT2D eigenvalue weighted by Gasteiger charge is 2.85. The van der Waals surface area contributed by atoms with Gasteiger partial charge in [0.05, 0.1) is 11.3 Å². The molecule has 1 aliphatic rings. The summed E-state index contributed by atoms with van der Waals surface area (Å²) >= 11 is 0. The van der Waals surface area contributed by atoms with E-state index >= 15 is 0 Å². The Morgan fingerprint density at radius 2 is 1.00 bits per heavy atom. The first-order chi connectivity index (χ1) is 15.5. The van der Waals surface area contributed by atoms with Gasteiger partial charge in [0.1, 0.15) is 0 Å². The lowest BCUT2D eigenvalue weighted by Gasteiger charge is -2.38. The number of allylic oxidation sites excluding steroid dienone is 5. The molecule has 23 heteroatoms. The van der Waals surface area contributed by atoms with Gasteiger partial charge in [-0.2, -0.15) is 52.7 Å². The van der Waals surface area contributed by atoms with Crippen LogP contribution >= 0.6 is 0 Å². The zero-order valence-electron chi connectivity index (χ0n) is 15.7. The Morgan fingerprint density at radius 1 is 0.639 bits per heavy atom. The fourth-order valence-corrected chi connectivity index (χ4v) is 6.74. The molecule has 1 atom stereocenters. The van der Waals surface area contributed by atoms with Crippen LogP contribution in [0.5, 0.6) is 0 Å². The van der Waals surface area contributed by atoms with Crippen LogP contribution in [0.1, 0.15) is 0 Å². The van der Waals surface area contributed by atoms with Gasteiger partial charge < -0.3 is 0 Å². The van der Waals surface area contributed by atoms with Crippen molar-refractivity contribution >= 4 is 19.7 Å². The summed E-state index contributed by atoms with van der Waals surface area (Å²) in [6.07, 6.45) is -28.4. The molecule has 0 bridgehead atoms. The van der Waals surface area contributed by atoms with Crippen molar-refractivity contribution in [3.63, 3.8) is 0 Å². The Balaban J connectivity index is 4.41. The van der Waals surface area contributed by atoms with Gasteiger partial charge in [0.2, 0.25) is 0 Å². The van der Waals surface area contributed by atoms with Crippen LogP contribution in [0.4, 0.5) is 74.6 Å². The predicted molar refractivity (Wildman–Crippen MR) is 79.8 cm³/mol. The summed E-state index contributed by atoms with van der Waals surface area (Å²) in [7, 11) is -16.3. The highest BCUT2D eigenvalue weighted by Crippen LogP contribution is 2.61. The van der Waals surface area contributed by atoms with E-state index < -0.39 is 94.2 Å². The maximum atomic E-state index is 14.0. The van der Waals surface area contributed by atoms with Crippen LogP contribution in [0.2, 0.25) is 0 Å². The number of halogens is 17. The molecule has 36 heavy (non-hydrogen) atoms. The molecule has 0 amide bonds. The highest BCUT2D eigenvalue weighted by molar-refractivity contribution is 8.14. The third-order valence-electron chi connectivity index (χ3n) is 4.22. The van der Waals surface area contributed by atoms with Crippen molar-refractivity contribution < 1.29 is 91.5 Å². The first-order valence-corrected chi connectivity index (χ1v) is 10.9. The van der Waals surface area contributed by atoms with Crippen molar-refractivity contribution in [2.45, 2.75) is 30.2 Å². The number of hydrogen-bond acceptors (Lipinski definition) is 4. The van der Waals surface area contributed by atoms with Crippen LogP contribution < -0.4 is 0 Å². The Kier molecular flexibility index (Phi) is 7.77. The van der Waals surface area contributed by atoms with Crippen molar-refractivity contribution in [3.8, 4) is 0 Å². The van der Waals surface area contributed by atoms with Gasteiger partial charge in [-0.25, -0.2) is 38.8 Å². The maximum Gasteiger partial charge on any atom is 0.502 e. The van der Waals surface area contributed by atoms with Crippen molar-refractivity contribution in [1.82, 2.24) is 0 Å². The van der Waals surface area contributed by atoms with E-state index in [9.17, 15) is 91.5 Å². The minimum atomic E-state index is -8.24. The number of rotatable bonds is 4. The minimum Gasteiger partial charge on any atom is -0.234 e. The fourth-order valence-electron chi connectivity index (χ4n) is 2.52. The second kappa shape index (κ2) is 8.75. The van der Waals surface area contributed by atoms with Gasteiger partial charge in [0.25, 0.3) is 15.3 Å². The zero-order chi connectivity index (χ0) is 29.2. The van der Waals surface area contributed by atoms with E-state index in [1.54, 1.807) is 0 Å². The smallest absolute Gasteiger partial charge is 0.234 e. The van der Waals surface area contributed by atoms with Crippen molar-refractivity contribution in [2.75, 3.05) is 5.75 Å². The van der Waals surface area contributed by atoms with Crippen LogP contribution in [0.3, 0.4) is 0 Å². The summed E-state index contributed by atoms with van der Waals surface area (Å²) in [4.78, 5) is 0. The largest absolute Gasteiger partial charge is 0.502 e. The van der Waals surface area contributed by atoms with Crippen molar-refractivity contribution in [2.24, 2.45) is 5.41 Å². The maximum absolute atomic E-state index is 14.0. The summed E-state index contributed by atoms with van der Waals surface area (Å²) in [5, 5.41) is 0. The van der Waals surface area contributed by atoms with Gasteiger partial charge in [-0.1, -0.05) is 0 Å². The highest BCUT2D eigenvalue weighted by atomic mass is 32.3. The topological polar surface area (TPSA) is 68.3 Å². The van der Waals surface area contributed by atoms with Crippen LogP contribution in [-0.4, -0.2) is 52.8 Å². The number of hydrogen-bond donors (Lipinski definition) is 0. The summed E-state index contributed by atoms with van der Waals surface area (Å²) < 4.78 is 267. The quantitative estimate of drug-likeness (QED) is 0.374. The second-order valence-electron chi connectivity index (χ2n) is 6.46. The molecule has 1 unspecified atom stereocenters. The molecular weight excluding hydrogens is 607 g/mol. The lowest BCUT2D eigenvalue weighted by atomic mass is 9.88. The van der Waals surface area contributed by atoms with E-state index in [0.717, 1.165) is 0 Å². The van der Waals surface area contributed by atoms with Gasteiger partial charge in [0, 0.05) is 0 Å². The molecule has 0 aromatic heterocycles. The minimum absolute atomic E-state index is 3.31. The van der Waals surface area contributed by atoms with E-state index in [0.29, 0.717) is 0 Å². The molecule has 0 fully saturated rings. The third-order valence-corrected chi connectivity index (χ3v) is 8.55. The SMILES string of the molecule is O=S(=O)(CC(C(F)(F)F)(C(F)(F)F)C(F)(F)F)/C(=C1/C(F)=C(F)C(F)=C(F)C1F)S(=O)(=O)C(F)(F)F. The molecule has 1 aliphatic carbocycles. The average Bonchev–Trinajstić information content (AvgIpc) is 2.62. The molecule has 210 valence electrons. The Morgan fingerprint density at radius 3 is 1.31 bits per heavy atom. The molecule has 4 nitrogen and oxygen atoms in total. The van der Waals surface area contributed by atoms with Gasteiger partial charge in [-0.05, 0) is 0 Å². The van der Waals surface area contributed by atoms with Gasteiger partial charge in [0.15, 0.2) is 43.6 Å². The van der Waals surface area contributed by atoms with E-state index in [-0.39, 0.29) is 0 Å². The standard InChI is InChI=1S/C13H3F17O4S2/c14-3-2(4(15)6(17)7(18)5(3)16)8(36(33,34)13(28,29)30)35(31,32)1-9(10(19,20)21,11(22,23)24)12(25,26)27/h3H,1H2/b8-2-. The zero-order valence-corrected chi connectivity index (χ0v) is 17.3. The molecule has 0 spiro atoms. The third kappa shape index (κ3) is 4.78. The molecule has 0 N–H and O–H groups in total. The summed E-state index contributed by atoms with van der Waals surface area (Å²) in [5.41, 5.74) is -18.6. The lowest BCUT2D eigenvalue weighted by molar-refractivity contribution is -0.418. The summed E-state index contributed by atoms with van der Waals surface area (Å²) in [5.74, 6) is -18.8. The van der Waals surface area contributed by atoms with E-state index in [4.69, 9.17) is 0 Å². The van der Waals surface area contributed by atoms with E-state index in [1.807, 2.05) is 0 Å². The predicted octanol–water partition coefficient (Wildman–Crippen LogP) is 5.87. The Hall–Kier alpha value is -2.07. The number of alkyl halides is 13. The Bertz CT molecular complexity index is 1190. The van der Waals surface area contributed by atoms with Gasteiger partial charge in [-0.3, -0.25) is 0 Å². The molecule has 0 aromatic carbocycles. The lowest BCUT2D eigenvalue weighted by Crippen LogP contribution is -2.63. The Labute approximate surface area is 186 Å². The molecule has 0 heterocycles. The molecule has 0 aliphatic heterocycles. The van der Waals surface area contributed by atoms with E-state index in [1.165, 1.54) is 0 Å². The molecule has 0 radical (unpaired) electrons. The van der Waals surface area contributed by atoms with Crippen molar-refractivity contribution in [3.05, 3.63) is 33.1 Å². The van der Waals surface area contributed by atoms with Crippen LogP contribution in [0, 0.1) is 5.41 Å². The normalized spacial score (nSPS) is 21.3. The van der Waals surface area contributed by atoms with Crippen LogP contribution in [0.15, 0.2) is 33.1 Å². The molecule has 1 rings (SSSR count). The first kappa shape index (κ1) is 32.0. The molecular formula is C13H3F17O4S2. The number of sulfone groups is 2. The van der Waals surface area contributed by atoms with E-state index in [2.05, 4.69) is 0 Å². The van der Waals surface area contributed by atoms with Gasteiger partial charge >= 0.3 is 24.0 Å². The van der Waals surface area contributed by atoms with Gasteiger partial charge in [-0.15, -0.1) is 0 Å². The second-order valence-corrected chi connectivity index (χ2v) is 10.5. The first-order valence-electron chi connectivity index (χ1n) is 7.74. The molecule has 0 saturated heterocycles. The summed E-state index contributed by atoms with van der Waals surface area (Å²) in [6, 6.07) is 0. The summed E-state index contributed by atoms with van der Waals surface area (Å²) in [6.45, 7) is 0. The van der Waals surface area contributed by atoms with Crippen molar-refractivity contribution in [1.29, 1.82) is 0 Å². The van der Waals surface area contributed by atoms with Crippen LogP contribution in [-0.2, 0) is 19.7 Å².